The fraction of sp³-hybridized carbons (Fsp3) is 0.450. The lowest BCUT2D eigenvalue weighted by Crippen LogP contribution is -2.48. The highest BCUT2D eigenvalue weighted by Gasteiger charge is 2.39. The molecule has 3 rings (SSSR count). The van der Waals surface area contributed by atoms with Gasteiger partial charge >= 0.3 is 5.97 Å². The van der Waals surface area contributed by atoms with E-state index in [4.69, 9.17) is 4.74 Å². The minimum Gasteiger partial charge on any atom is -0.494 e. The van der Waals surface area contributed by atoms with Crippen molar-refractivity contribution < 1.29 is 19.4 Å². The second kappa shape index (κ2) is 8.08. The monoisotopic (exact) mass is 388 g/mol. The zero-order chi connectivity index (χ0) is 19.4. The Kier molecular flexibility index (Phi) is 5.79. The van der Waals surface area contributed by atoms with Crippen LogP contribution in [0.4, 0.5) is 0 Å². The average Bonchev–Trinajstić information content (AvgIpc) is 3.16. The van der Waals surface area contributed by atoms with Crippen molar-refractivity contribution >= 4 is 23.2 Å². The molecule has 1 unspecified atom stereocenters. The minimum absolute atomic E-state index is 0.201. The fourth-order valence-corrected chi connectivity index (χ4v) is 3.97. The first kappa shape index (κ1) is 19.4. The number of rotatable bonds is 6. The van der Waals surface area contributed by atoms with E-state index in [0.29, 0.717) is 31.7 Å². The Bertz CT molecular complexity index is 818. The molecule has 0 spiro atoms. The summed E-state index contributed by atoms with van der Waals surface area (Å²) in [6.07, 6.45) is 2.22. The third-order valence-electron chi connectivity index (χ3n) is 4.80. The molecular formula is C20H24N2O4S. The number of carbonyl (C=O) groups excluding carboxylic acids is 1. The molecule has 0 saturated carbocycles. The van der Waals surface area contributed by atoms with Gasteiger partial charge in [0.1, 0.15) is 16.5 Å². The van der Waals surface area contributed by atoms with Gasteiger partial charge in [0, 0.05) is 24.0 Å². The highest BCUT2D eigenvalue weighted by Crippen LogP contribution is 2.31. The zero-order valence-corrected chi connectivity index (χ0v) is 16.4. The Hall–Kier alpha value is -2.41. The second-order valence-electron chi connectivity index (χ2n) is 7.11. The molecule has 1 aliphatic heterocycles. The van der Waals surface area contributed by atoms with E-state index in [9.17, 15) is 14.7 Å². The van der Waals surface area contributed by atoms with E-state index in [-0.39, 0.29) is 12.5 Å². The molecule has 144 valence electrons. The number of nitrogens with zero attached hydrogens (tertiary/aromatic N) is 2. The van der Waals surface area contributed by atoms with Gasteiger partial charge in [-0.2, -0.15) is 0 Å². The number of likely N-dealkylation sites (tertiary alicyclic amines) is 1. The van der Waals surface area contributed by atoms with Crippen LogP contribution in [0.15, 0.2) is 29.6 Å². The van der Waals surface area contributed by atoms with Crippen LogP contribution in [0.25, 0.3) is 10.6 Å². The number of amides is 1. The summed E-state index contributed by atoms with van der Waals surface area (Å²) in [5.74, 6) is -0.244. The number of aromatic nitrogens is 1. The van der Waals surface area contributed by atoms with Crippen molar-refractivity contribution in [3.05, 3.63) is 35.3 Å². The number of carbonyl (C=O) groups is 2. The maximum atomic E-state index is 12.8. The van der Waals surface area contributed by atoms with E-state index in [0.717, 1.165) is 22.7 Å². The molecule has 1 aromatic carbocycles. The summed E-state index contributed by atoms with van der Waals surface area (Å²) in [5.41, 5.74) is 0.411. The van der Waals surface area contributed by atoms with Gasteiger partial charge in [0.05, 0.1) is 12.0 Å². The van der Waals surface area contributed by atoms with Crippen LogP contribution in [0, 0.1) is 5.41 Å². The second-order valence-corrected chi connectivity index (χ2v) is 7.96. The van der Waals surface area contributed by atoms with Crippen LogP contribution in [0.3, 0.4) is 0 Å². The minimum atomic E-state index is -0.888. The SMILES string of the molecule is CCCOc1ccc(-c2nc(C(=O)N3CCCC(C)(C(=O)O)C3)cs2)cc1. The van der Waals surface area contributed by atoms with Crippen LogP contribution in [-0.2, 0) is 4.79 Å². The standard InChI is InChI=1S/C20H24N2O4S/c1-3-11-26-15-7-5-14(6-8-15)17-21-16(12-27-17)18(23)22-10-4-9-20(2,13-22)19(24)25/h5-8,12H,3-4,9-11,13H2,1-2H3,(H,24,25). The smallest absolute Gasteiger partial charge is 0.311 e. The van der Waals surface area contributed by atoms with Crippen molar-refractivity contribution in [2.45, 2.75) is 33.1 Å². The highest BCUT2D eigenvalue weighted by molar-refractivity contribution is 7.13. The molecule has 2 heterocycles. The van der Waals surface area contributed by atoms with Crippen LogP contribution >= 0.6 is 11.3 Å². The molecule has 1 aromatic heterocycles. The molecule has 1 N–H and O–H groups in total. The number of ether oxygens (including phenoxy) is 1. The molecule has 0 radical (unpaired) electrons. The van der Waals surface area contributed by atoms with Crippen molar-refractivity contribution in [1.82, 2.24) is 9.88 Å². The molecular weight excluding hydrogens is 364 g/mol. The number of aliphatic carboxylic acids is 1. The normalized spacial score (nSPS) is 19.7. The number of hydrogen-bond acceptors (Lipinski definition) is 5. The lowest BCUT2D eigenvalue weighted by Gasteiger charge is -2.37. The molecule has 0 bridgehead atoms. The van der Waals surface area contributed by atoms with Gasteiger partial charge in [-0.3, -0.25) is 9.59 Å². The molecule has 6 nitrogen and oxygen atoms in total. The van der Waals surface area contributed by atoms with Gasteiger partial charge in [-0.25, -0.2) is 4.98 Å². The Labute approximate surface area is 162 Å². The van der Waals surface area contributed by atoms with Gasteiger partial charge in [0.25, 0.3) is 5.91 Å². The summed E-state index contributed by atoms with van der Waals surface area (Å²) in [6.45, 7) is 5.23. The predicted molar refractivity (Wildman–Crippen MR) is 104 cm³/mol. The largest absolute Gasteiger partial charge is 0.494 e. The van der Waals surface area contributed by atoms with Gasteiger partial charge in [-0.1, -0.05) is 6.92 Å². The fourth-order valence-electron chi connectivity index (χ4n) is 3.17. The summed E-state index contributed by atoms with van der Waals surface area (Å²) < 4.78 is 5.58. The third-order valence-corrected chi connectivity index (χ3v) is 5.69. The number of carboxylic acids is 1. The summed E-state index contributed by atoms with van der Waals surface area (Å²) in [5, 5.41) is 11.9. The third kappa shape index (κ3) is 4.30. The van der Waals surface area contributed by atoms with Crippen molar-refractivity contribution in [1.29, 1.82) is 0 Å². The van der Waals surface area contributed by atoms with Crippen LogP contribution in [0.5, 0.6) is 5.75 Å². The molecule has 0 aliphatic carbocycles. The van der Waals surface area contributed by atoms with Crippen LogP contribution in [0.2, 0.25) is 0 Å². The molecule has 1 saturated heterocycles. The van der Waals surface area contributed by atoms with Gasteiger partial charge < -0.3 is 14.7 Å². The summed E-state index contributed by atoms with van der Waals surface area (Å²) >= 11 is 1.41. The van der Waals surface area contributed by atoms with Gasteiger partial charge in [0.2, 0.25) is 0 Å². The molecule has 1 amide bonds. The lowest BCUT2D eigenvalue weighted by molar-refractivity contribution is -0.150. The maximum absolute atomic E-state index is 12.8. The Morgan fingerprint density at radius 1 is 1.33 bits per heavy atom. The molecule has 1 fully saturated rings. The van der Waals surface area contributed by atoms with E-state index < -0.39 is 11.4 Å². The number of benzene rings is 1. The highest BCUT2D eigenvalue weighted by atomic mass is 32.1. The first-order valence-electron chi connectivity index (χ1n) is 9.14. The summed E-state index contributed by atoms with van der Waals surface area (Å²) in [6, 6.07) is 7.66. The van der Waals surface area contributed by atoms with Crippen LogP contribution in [-0.4, -0.2) is 46.6 Å². The first-order valence-corrected chi connectivity index (χ1v) is 10.0. The van der Waals surface area contributed by atoms with Crippen molar-refractivity contribution in [3.8, 4) is 16.3 Å². The Morgan fingerprint density at radius 3 is 2.74 bits per heavy atom. The first-order chi connectivity index (χ1) is 12.9. The summed E-state index contributed by atoms with van der Waals surface area (Å²) in [7, 11) is 0. The zero-order valence-electron chi connectivity index (χ0n) is 15.6. The number of hydrogen-bond donors (Lipinski definition) is 1. The van der Waals surface area contributed by atoms with Crippen LogP contribution < -0.4 is 4.74 Å². The topological polar surface area (TPSA) is 79.7 Å². The average molecular weight is 388 g/mol. The quantitative estimate of drug-likeness (QED) is 0.811. The van der Waals surface area contributed by atoms with Crippen molar-refractivity contribution in [2.24, 2.45) is 5.41 Å². The molecule has 2 aromatic rings. The number of piperidine rings is 1. The molecule has 7 heteroatoms. The molecule has 1 atom stereocenters. The maximum Gasteiger partial charge on any atom is 0.311 e. The number of carboxylic acid groups (broad SMARTS) is 1. The predicted octanol–water partition coefficient (Wildman–Crippen LogP) is 3.93. The number of thiazole rings is 1. The van der Waals surface area contributed by atoms with E-state index in [1.165, 1.54) is 11.3 Å². The van der Waals surface area contributed by atoms with E-state index >= 15 is 0 Å². The van der Waals surface area contributed by atoms with E-state index in [1.54, 1.807) is 17.2 Å². The van der Waals surface area contributed by atoms with Gasteiger partial charge in [-0.05, 0) is 50.5 Å². The van der Waals surface area contributed by atoms with Crippen molar-refractivity contribution in [3.63, 3.8) is 0 Å². The Balaban J connectivity index is 1.71. The summed E-state index contributed by atoms with van der Waals surface area (Å²) in [4.78, 5) is 30.4. The Morgan fingerprint density at radius 2 is 2.07 bits per heavy atom. The van der Waals surface area contributed by atoms with Gasteiger partial charge in [0.15, 0.2) is 0 Å². The van der Waals surface area contributed by atoms with Crippen LogP contribution in [0.1, 0.15) is 43.6 Å². The molecule has 1 aliphatic rings. The van der Waals surface area contributed by atoms with E-state index in [2.05, 4.69) is 11.9 Å². The van der Waals surface area contributed by atoms with Crippen molar-refractivity contribution in [2.75, 3.05) is 19.7 Å². The van der Waals surface area contributed by atoms with Gasteiger partial charge in [-0.15, -0.1) is 11.3 Å². The lowest BCUT2D eigenvalue weighted by atomic mass is 9.82. The van der Waals surface area contributed by atoms with E-state index in [1.807, 2.05) is 24.3 Å². The molecule has 27 heavy (non-hydrogen) atoms.